The Kier molecular flexibility index (Phi) is 2.39. The fourth-order valence-electron chi connectivity index (χ4n) is 1.09. The van der Waals surface area contributed by atoms with Gasteiger partial charge in [0, 0.05) is 18.5 Å². The molecule has 0 aliphatic carbocycles. The fourth-order valence-corrected chi connectivity index (χ4v) is 1.38. The van der Waals surface area contributed by atoms with Crippen molar-refractivity contribution in [2.24, 2.45) is 5.14 Å². The lowest BCUT2D eigenvalue weighted by Crippen LogP contribution is -2.15. The SMILES string of the molecule is NS(=O)(=O)OCc1cc2ncccn2n1. The Morgan fingerprint density at radius 3 is 3.00 bits per heavy atom. The molecule has 0 unspecified atom stereocenters. The molecule has 2 heterocycles. The first-order valence-electron chi connectivity index (χ1n) is 4.01. The van der Waals surface area contributed by atoms with Crippen LogP contribution in [-0.4, -0.2) is 23.0 Å². The van der Waals surface area contributed by atoms with Crippen LogP contribution in [0.2, 0.25) is 0 Å². The molecule has 2 rings (SSSR count). The second kappa shape index (κ2) is 3.57. The number of nitrogens with two attached hydrogens (primary N) is 1. The van der Waals surface area contributed by atoms with Gasteiger partial charge in [0.2, 0.25) is 0 Å². The molecule has 0 fully saturated rings. The van der Waals surface area contributed by atoms with Crippen molar-refractivity contribution in [3.63, 3.8) is 0 Å². The first-order chi connectivity index (χ1) is 7.04. The molecule has 0 aliphatic rings. The van der Waals surface area contributed by atoms with Crippen LogP contribution >= 0.6 is 0 Å². The molecule has 0 aliphatic heterocycles. The van der Waals surface area contributed by atoms with E-state index in [0.717, 1.165) is 0 Å². The average molecular weight is 228 g/mol. The van der Waals surface area contributed by atoms with Crippen LogP contribution in [0, 0.1) is 0 Å². The molecule has 0 amide bonds. The molecule has 0 spiro atoms. The number of nitrogens with zero attached hydrogens (tertiary/aromatic N) is 3. The highest BCUT2D eigenvalue weighted by molar-refractivity contribution is 7.84. The standard InChI is InChI=1S/C7H8N4O3S/c8-15(12,13)14-5-6-4-7-9-2-1-3-11(7)10-6/h1-4H,5H2,(H2,8,12,13). The van der Waals surface area contributed by atoms with Gasteiger partial charge in [0.1, 0.15) is 6.61 Å². The van der Waals surface area contributed by atoms with Crippen LogP contribution in [0.4, 0.5) is 0 Å². The van der Waals surface area contributed by atoms with Crippen LogP contribution in [0.1, 0.15) is 5.69 Å². The number of aromatic nitrogens is 3. The maximum absolute atomic E-state index is 10.5. The predicted molar refractivity (Wildman–Crippen MR) is 50.9 cm³/mol. The van der Waals surface area contributed by atoms with E-state index in [0.29, 0.717) is 11.3 Å². The highest BCUT2D eigenvalue weighted by Crippen LogP contribution is 2.04. The van der Waals surface area contributed by atoms with Gasteiger partial charge in [-0.3, -0.25) is 4.18 Å². The maximum Gasteiger partial charge on any atom is 0.333 e. The van der Waals surface area contributed by atoms with E-state index in [1.165, 1.54) is 4.52 Å². The van der Waals surface area contributed by atoms with Crippen molar-refractivity contribution in [2.45, 2.75) is 6.61 Å². The predicted octanol–water partition coefficient (Wildman–Crippen LogP) is -0.551. The lowest BCUT2D eigenvalue weighted by Gasteiger charge is -1.95. The minimum atomic E-state index is -3.93. The van der Waals surface area contributed by atoms with Crippen molar-refractivity contribution in [3.8, 4) is 0 Å². The molecular weight excluding hydrogens is 220 g/mol. The molecular formula is C7H8N4O3S. The zero-order valence-corrected chi connectivity index (χ0v) is 8.38. The minimum absolute atomic E-state index is 0.192. The maximum atomic E-state index is 10.5. The summed E-state index contributed by atoms with van der Waals surface area (Å²) in [6, 6.07) is 3.33. The molecule has 80 valence electrons. The van der Waals surface area contributed by atoms with Crippen molar-refractivity contribution in [3.05, 3.63) is 30.2 Å². The van der Waals surface area contributed by atoms with Gasteiger partial charge in [0.15, 0.2) is 5.65 Å². The molecule has 0 atom stereocenters. The van der Waals surface area contributed by atoms with Gasteiger partial charge in [-0.2, -0.15) is 13.5 Å². The average Bonchev–Trinajstić information content (AvgIpc) is 2.56. The van der Waals surface area contributed by atoms with Crippen LogP contribution in [-0.2, 0) is 21.1 Å². The molecule has 0 saturated heterocycles. The molecule has 15 heavy (non-hydrogen) atoms. The molecule has 0 radical (unpaired) electrons. The van der Waals surface area contributed by atoms with E-state index < -0.39 is 10.3 Å². The third kappa shape index (κ3) is 2.49. The Labute approximate surface area is 85.7 Å². The number of hydrogen-bond donors (Lipinski definition) is 1. The second-order valence-electron chi connectivity index (χ2n) is 2.81. The zero-order valence-electron chi connectivity index (χ0n) is 7.57. The molecule has 2 N–H and O–H groups in total. The summed E-state index contributed by atoms with van der Waals surface area (Å²) >= 11 is 0. The highest BCUT2D eigenvalue weighted by atomic mass is 32.2. The van der Waals surface area contributed by atoms with Crippen molar-refractivity contribution in [2.75, 3.05) is 0 Å². The summed E-state index contributed by atoms with van der Waals surface area (Å²) in [5.41, 5.74) is 1.06. The topological polar surface area (TPSA) is 99.6 Å². The molecule has 8 heteroatoms. The summed E-state index contributed by atoms with van der Waals surface area (Å²) in [4.78, 5) is 4.01. The Balaban J connectivity index is 2.23. The van der Waals surface area contributed by atoms with Crippen molar-refractivity contribution in [1.82, 2.24) is 14.6 Å². The molecule has 2 aromatic rings. The summed E-state index contributed by atoms with van der Waals surface area (Å²) in [5.74, 6) is 0. The molecule has 2 aromatic heterocycles. The van der Waals surface area contributed by atoms with E-state index in [4.69, 9.17) is 0 Å². The smallest absolute Gasteiger partial charge is 0.252 e. The lowest BCUT2D eigenvalue weighted by atomic mass is 10.4. The van der Waals surface area contributed by atoms with Crippen molar-refractivity contribution >= 4 is 16.0 Å². The summed E-state index contributed by atoms with van der Waals surface area (Å²) in [7, 11) is -3.93. The summed E-state index contributed by atoms with van der Waals surface area (Å²) < 4.78 is 27.0. The molecule has 0 saturated carbocycles. The van der Waals surface area contributed by atoms with Gasteiger partial charge in [-0.25, -0.2) is 14.6 Å². The largest absolute Gasteiger partial charge is 0.333 e. The number of rotatable bonds is 3. The second-order valence-corrected chi connectivity index (χ2v) is 4.03. The van der Waals surface area contributed by atoms with E-state index in [-0.39, 0.29) is 6.61 Å². The van der Waals surface area contributed by atoms with Crippen LogP contribution in [0.25, 0.3) is 5.65 Å². The Bertz CT molecular complexity index is 544. The van der Waals surface area contributed by atoms with Gasteiger partial charge in [-0.05, 0) is 6.07 Å². The van der Waals surface area contributed by atoms with E-state index in [9.17, 15) is 8.42 Å². The van der Waals surface area contributed by atoms with Gasteiger partial charge in [0.05, 0.1) is 5.69 Å². The molecule has 0 aromatic carbocycles. The van der Waals surface area contributed by atoms with E-state index in [1.54, 1.807) is 24.5 Å². The van der Waals surface area contributed by atoms with Gasteiger partial charge in [0.25, 0.3) is 0 Å². The number of fused-ring (bicyclic) bond motifs is 1. The minimum Gasteiger partial charge on any atom is -0.252 e. The van der Waals surface area contributed by atoms with Crippen LogP contribution in [0.15, 0.2) is 24.5 Å². The summed E-state index contributed by atoms with van der Waals surface area (Å²) in [6.45, 7) is -0.192. The Hall–Kier alpha value is -1.51. The number of hydrogen-bond acceptors (Lipinski definition) is 5. The van der Waals surface area contributed by atoms with Crippen LogP contribution < -0.4 is 5.14 Å². The lowest BCUT2D eigenvalue weighted by molar-refractivity contribution is 0.303. The summed E-state index contributed by atoms with van der Waals surface area (Å²) in [6.07, 6.45) is 3.31. The van der Waals surface area contributed by atoms with Crippen molar-refractivity contribution < 1.29 is 12.6 Å². The van der Waals surface area contributed by atoms with E-state index in [2.05, 4.69) is 19.4 Å². The van der Waals surface area contributed by atoms with Gasteiger partial charge >= 0.3 is 10.3 Å². The molecule has 0 bridgehead atoms. The quantitative estimate of drug-likeness (QED) is 0.759. The van der Waals surface area contributed by atoms with Crippen LogP contribution in [0.3, 0.4) is 0 Å². The van der Waals surface area contributed by atoms with Crippen LogP contribution in [0.5, 0.6) is 0 Å². The monoisotopic (exact) mass is 228 g/mol. The first-order valence-corrected chi connectivity index (χ1v) is 5.48. The third-order valence-corrected chi connectivity index (χ3v) is 2.10. The Morgan fingerprint density at radius 1 is 1.53 bits per heavy atom. The summed E-state index contributed by atoms with van der Waals surface area (Å²) in [5, 5.41) is 8.70. The van der Waals surface area contributed by atoms with Gasteiger partial charge in [-0.1, -0.05) is 0 Å². The first kappa shape index (κ1) is 10.0. The Morgan fingerprint density at radius 2 is 2.33 bits per heavy atom. The van der Waals surface area contributed by atoms with E-state index >= 15 is 0 Å². The normalized spacial score (nSPS) is 12.1. The third-order valence-electron chi connectivity index (χ3n) is 1.66. The van der Waals surface area contributed by atoms with E-state index in [1.807, 2.05) is 0 Å². The fraction of sp³-hybridized carbons (Fsp3) is 0.143. The highest BCUT2D eigenvalue weighted by Gasteiger charge is 2.06. The molecule has 7 nitrogen and oxygen atoms in total. The van der Waals surface area contributed by atoms with Crippen molar-refractivity contribution in [1.29, 1.82) is 0 Å². The zero-order chi connectivity index (χ0) is 10.9. The van der Waals surface area contributed by atoms with Gasteiger partial charge in [-0.15, -0.1) is 0 Å². The van der Waals surface area contributed by atoms with Gasteiger partial charge < -0.3 is 0 Å².